The van der Waals surface area contributed by atoms with Crippen molar-refractivity contribution in [2.24, 2.45) is 10.2 Å². The summed E-state index contributed by atoms with van der Waals surface area (Å²) >= 11 is 0. The molecule has 0 amide bonds. The Morgan fingerprint density at radius 3 is 2.17 bits per heavy atom. The first-order valence-corrected chi connectivity index (χ1v) is 8.00. The minimum absolute atomic E-state index is 0.00749. The van der Waals surface area contributed by atoms with E-state index in [1.54, 1.807) is 19.1 Å². The van der Waals surface area contributed by atoms with Gasteiger partial charge in [-0.1, -0.05) is 0 Å². The summed E-state index contributed by atoms with van der Waals surface area (Å²) in [6, 6.07) is 11.8. The summed E-state index contributed by atoms with van der Waals surface area (Å²) in [5, 5.41) is 19.8. The van der Waals surface area contributed by atoms with Gasteiger partial charge in [-0.05, 0) is 48.9 Å². The van der Waals surface area contributed by atoms with Gasteiger partial charge in [0.25, 0.3) is 5.69 Å². The topological polar surface area (TPSA) is 128 Å². The summed E-state index contributed by atoms with van der Waals surface area (Å²) in [5.41, 5.74) is 4.71. The minimum atomic E-state index is -3.72. The smallest absolute Gasteiger partial charge is 0.269 e. The number of hydrazone groups is 1. The number of nitrogens with two attached hydrogens (primary N) is 1. The third kappa shape index (κ3) is 4.34. The molecule has 0 aromatic heterocycles. The van der Waals surface area contributed by atoms with E-state index in [4.69, 9.17) is 5.14 Å². The Morgan fingerprint density at radius 2 is 1.70 bits per heavy atom. The van der Waals surface area contributed by atoms with Crippen LogP contribution in [-0.2, 0) is 10.0 Å². The molecule has 0 saturated carbocycles. The van der Waals surface area contributed by atoms with Gasteiger partial charge in [-0.2, -0.15) is 5.10 Å². The van der Waals surface area contributed by atoms with Crippen molar-refractivity contribution in [3.05, 3.63) is 64.2 Å². The second kappa shape index (κ2) is 6.55. The van der Waals surface area contributed by atoms with Crippen LogP contribution in [-0.4, -0.2) is 19.1 Å². The summed E-state index contributed by atoms with van der Waals surface area (Å²) in [6.07, 6.45) is 0. The molecule has 9 heteroatoms. The van der Waals surface area contributed by atoms with Gasteiger partial charge in [0.1, 0.15) is 0 Å². The van der Waals surface area contributed by atoms with E-state index < -0.39 is 14.9 Å². The van der Waals surface area contributed by atoms with E-state index in [1.165, 1.54) is 36.4 Å². The lowest BCUT2D eigenvalue weighted by Crippen LogP contribution is -2.11. The number of primary sulfonamides is 1. The molecular formula is C14H14N4O4S. The maximum Gasteiger partial charge on any atom is 0.269 e. The summed E-state index contributed by atoms with van der Waals surface area (Å²) in [6.45, 7) is 1.74. The van der Waals surface area contributed by atoms with Crippen LogP contribution in [0.4, 0.5) is 11.4 Å². The monoisotopic (exact) mass is 334 g/mol. The standard InChI is InChI=1S/C14H14N4O4S/c1-10(11-2-6-13(7-3-11)18(19)20)16-17-12-4-8-14(9-5-12)23(15,21)22/h2-9,17H,1H3,(H2,15,21,22)/b16-10+. The number of sulfonamides is 1. The zero-order chi connectivity index (χ0) is 17.0. The van der Waals surface area contributed by atoms with Crippen LogP contribution >= 0.6 is 0 Å². The lowest BCUT2D eigenvalue weighted by molar-refractivity contribution is -0.384. The first-order valence-electron chi connectivity index (χ1n) is 6.45. The van der Waals surface area contributed by atoms with E-state index in [0.29, 0.717) is 11.4 Å². The van der Waals surface area contributed by atoms with Crippen LogP contribution in [0.15, 0.2) is 58.5 Å². The number of nitrogens with zero attached hydrogens (tertiary/aromatic N) is 2. The molecule has 0 radical (unpaired) electrons. The van der Waals surface area contributed by atoms with Crippen LogP contribution < -0.4 is 10.6 Å². The number of nitro groups is 1. The molecule has 0 unspecified atom stereocenters. The van der Waals surface area contributed by atoms with E-state index >= 15 is 0 Å². The second-order valence-electron chi connectivity index (χ2n) is 4.68. The van der Waals surface area contributed by atoms with Gasteiger partial charge < -0.3 is 0 Å². The normalized spacial score (nSPS) is 12.0. The van der Waals surface area contributed by atoms with Crippen LogP contribution in [0, 0.1) is 10.1 Å². The average molecular weight is 334 g/mol. The number of anilines is 1. The number of hydrogen-bond donors (Lipinski definition) is 2. The first kappa shape index (κ1) is 16.6. The van der Waals surface area contributed by atoms with Gasteiger partial charge >= 0.3 is 0 Å². The molecule has 0 fully saturated rings. The van der Waals surface area contributed by atoms with Gasteiger partial charge in [0.05, 0.1) is 21.2 Å². The third-order valence-electron chi connectivity index (χ3n) is 3.03. The van der Waals surface area contributed by atoms with E-state index in [-0.39, 0.29) is 10.6 Å². The lowest BCUT2D eigenvalue weighted by Gasteiger charge is -2.04. The van der Waals surface area contributed by atoms with Crippen molar-refractivity contribution in [3.63, 3.8) is 0 Å². The van der Waals surface area contributed by atoms with Gasteiger partial charge in [-0.15, -0.1) is 0 Å². The summed E-state index contributed by atoms with van der Waals surface area (Å²) < 4.78 is 22.3. The van der Waals surface area contributed by atoms with Gasteiger partial charge in [0.15, 0.2) is 0 Å². The van der Waals surface area contributed by atoms with Crippen LogP contribution in [0.3, 0.4) is 0 Å². The summed E-state index contributed by atoms with van der Waals surface area (Å²) in [5.74, 6) is 0. The van der Waals surface area contributed by atoms with Crippen molar-refractivity contribution in [2.75, 3.05) is 5.43 Å². The maximum atomic E-state index is 11.2. The van der Waals surface area contributed by atoms with Crippen molar-refractivity contribution >= 4 is 27.1 Å². The Hall–Kier alpha value is -2.78. The Kier molecular flexibility index (Phi) is 4.72. The molecule has 0 heterocycles. The van der Waals surface area contributed by atoms with E-state index in [9.17, 15) is 18.5 Å². The van der Waals surface area contributed by atoms with E-state index in [2.05, 4.69) is 10.5 Å². The molecule has 0 atom stereocenters. The molecule has 0 saturated heterocycles. The number of nitrogens with one attached hydrogen (secondary N) is 1. The fourth-order valence-electron chi connectivity index (χ4n) is 1.76. The molecule has 3 N–H and O–H groups in total. The first-order chi connectivity index (χ1) is 10.8. The van der Waals surface area contributed by atoms with Gasteiger partial charge in [0.2, 0.25) is 10.0 Å². The van der Waals surface area contributed by atoms with Gasteiger partial charge in [-0.3, -0.25) is 15.5 Å². The van der Waals surface area contributed by atoms with Crippen LogP contribution in [0.2, 0.25) is 0 Å². The molecule has 2 rings (SSSR count). The molecule has 120 valence electrons. The zero-order valence-corrected chi connectivity index (χ0v) is 12.9. The Labute approximate surface area is 132 Å². The predicted octanol–water partition coefficient (Wildman–Crippen LogP) is 2.08. The molecule has 0 aliphatic heterocycles. The van der Waals surface area contributed by atoms with Crippen molar-refractivity contribution < 1.29 is 13.3 Å². The van der Waals surface area contributed by atoms with Crippen LogP contribution in [0.5, 0.6) is 0 Å². The van der Waals surface area contributed by atoms with Crippen molar-refractivity contribution in [1.82, 2.24) is 0 Å². The quantitative estimate of drug-likeness (QED) is 0.491. The summed E-state index contributed by atoms with van der Waals surface area (Å²) in [7, 11) is -3.72. The molecule has 2 aromatic rings. The van der Waals surface area contributed by atoms with Crippen molar-refractivity contribution in [1.29, 1.82) is 0 Å². The molecule has 0 spiro atoms. The molecule has 2 aromatic carbocycles. The average Bonchev–Trinajstić information content (AvgIpc) is 2.52. The van der Waals surface area contributed by atoms with Gasteiger partial charge in [0, 0.05) is 12.1 Å². The highest BCUT2D eigenvalue weighted by Gasteiger charge is 2.07. The summed E-state index contributed by atoms with van der Waals surface area (Å²) in [4.78, 5) is 10.1. The molecule has 8 nitrogen and oxygen atoms in total. The number of benzene rings is 2. The predicted molar refractivity (Wildman–Crippen MR) is 86.7 cm³/mol. The number of non-ortho nitro benzene ring substituents is 1. The van der Waals surface area contributed by atoms with Crippen LogP contribution in [0.25, 0.3) is 0 Å². The fraction of sp³-hybridized carbons (Fsp3) is 0.0714. The Morgan fingerprint density at radius 1 is 1.13 bits per heavy atom. The molecule has 0 aliphatic rings. The highest BCUT2D eigenvalue weighted by Crippen LogP contribution is 2.15. The fourth-order valence-corrected chi connectivity index (χ4v) is 2.27. The third-order valence-corrected chi connectivity index (χ3v) is 3.96. The van der Waals surface area contributed by atoms with E-state index in [1.807, 2.05) is 0 Å². The zero-order valence-electron chi connectivity index (χ0n) is 12.1. The van der Waals surface area contributed by atoms with Crippen molar-refractivity contribution in [3.8, 4) is 0 Å². The minimum Gasteiger partial charge on any atom is -0.278 e. The number of hydrogen-bond acceptors (Lipinski definition) is 6. The second-order valence-corrected chi connectivity index (χ2v) is 6.24. The van der Waals surface area contributed by atoms with E-state index in [0.717, 1.165) is 5.56 Å². The Balaban J connectivity index is 2.11. The lowest BCUT2D eigenvalue weighted by atomic mass is 10.1. The van der Waals surface area contributed by atoms with Crippen molar-refractivity contribution in [2.45, 2.75) is 11.8 Å². The highest BCUT2D eigenvalue weighted by atomic mass is 32.2. The number of rotatable bonds is 5. The highest BCUT2D eigenvalue weighted by molar-refractivity contribution is 7.89. The Bertz CT molecular complexity index is 843. The maximum absolute atomic E-state index is 11.2. The molecular weight excluding hydrogens is 320 g/mol. The number of nitro benzene ring substituents is 1. The van der Waals surface area contributed by atoms with Gasteiger partial charge in [-0.25, -0.2) is 13.6 Å². The van der Waals surface area contributed by atoms with Crippen LogP contribution in [0.1, 0.15) is 12.5 Å². The molecule has 23 heavy (non-hydrogen) atoms. The molecule has 0 bridgehead atoms. The SMILES string of the molecule is C/C(=N\Nc1ccc(S(N)(=O)=O)cc1)c1ccc([N+](=O)[O-])cc1. The largest absolute Gasteiger partial charge is 0.278 e. The molecule has 0 aliphatic carbocycles.